The van der Waals surface area contributed by atoms with Gasteiger partial charge < -0.3 is 4.74 Å². The number of ether oxygens (including phenoxy) is 1. The number of carbonyl (C=O) groups is 4. The van der Waals surface area contributed by atoms with E-state index in [1.165, 1.54) is 9.80 Å². The molecule has 163 valence electrons. The highest BCUT2D eigenvalue weighted by atomic mass is 127. The van der Waals surface area contributed by atoms with E-state index in [4.69, 9.17) is 12.3 Å². The van der Waals surface area contributed by atoms with Crippen LogP contribution >= 0.6 is 58.3 Å². The Kier molecular flexibility index (Phi) is 11.0. The molecule has 2 heterocycles. The summed E-state index contributed by atoms with van der Waals surface area (Å²) in [5.74, 6) is -0.564. The first kappa shape index (κ1) is 26.9. The Bertz CT molecular complexity index is 691. The summed E-state index contributed by atoms with van der Waals surface area (Å²) < 4.78 is 5.87. The van der Waals surface area contributed by atoms with E-state index in [-0.39, 0.29) is 60.5 Å². The Labute approximate surface area is 209 Å². The second-order valence-corrected chi connectivity index (χ2v) is 15.5. The van der Waals surface area contributed by atoms with Gasteiger partial charge in [0, 0.05) is 18.9 Å². The lowest BCUT2D eigenvalue weighted by Gasteiger charge is -2.27. The van der Waals surface area contributed by atoms with Gasteiger partial charge in [0.15, 0.2) is 0 Å². The molecule has 2 aliphatic rings. The molecule has 0 aliphatic carbocycles. The molecule has 13 heteroatoms. The smallest absolute Gasteiger partial charge is 0.237 e. The Morgan fingerprint density at radius 1 is 1.10 bits per heavy atom. The lowest BCUT2D eigenvalue weighted by molar-refractivity contribution is -0.143. The van der Waals surface area contributed by atoms with E-state index in [1.54, 1.807) is 6.92 Å². The van der Waals surface area contributed by atoms with E-state index >= 15 is 0 Å². The number of imide groups is 2. The van der Waals surface area contributed by atoms with Gasteiger partial charge in [0.2, 0.25) is 28.5 Å². The van der Waals surface area contributed by atoms with E-state index < -0.39 is 11.1 Å². The lowest BCUT2D eigenvalue weighted by Crippen LogP contribution is -2.42. The summed E-state index contributed by atoms with van der Waals surface area (Å²) >= 11 is 4.15. The second-order valence-electron chi connectivity index (χ2n) is 7.72. The number of carbonyl (C=O) groups excluding carboxylic acids is 4. The van der Waals surface area contributed by atoms with Crippen LogP contribution in [0.4, 0.5) is 0 Å². The van der Waals surface area contributed by atoms with Crippen molar-refractivity contribution in [3.63, 3.8) is 0 Å². The van der Waals surface area contributed by atoms with Crippen LogP contribution in [-0.4, -0.2) is 82.0 Å². The van der Waals surface area contributed by atoms with E-state index in [0.717, 1.165) is 0 Å². The number of hydrogen-bond donors (Lipinski definition) is 0. The third-order valence-corrected chi connectivity index (χ3v) is 10.5. The predicted octanol–water partition coefficient (Wildman–Crippen LogP) is 2.77. The number of halogens is 2. The molecule has 0 N–H and O–H groups in total. The molecule has 2 aliphatic heterocycles. The molecule has 30 heavy (non-hydrogen) atoms. The van der Waals surface area contributed by atoms with Gasteiger partial charge in [-0.2, -0.15) is 22.4 Å². The van der Waals surface area contributed by atoms with E-state index in [0.29, 0.717) is 27.7 Å². The summed E-state index contributed by atoms with van der Waals surface area (Å²) in [5.41, 5.74) is -1.63. The highest BCUT2D eigenvalue weighted by Gasteiger charge is 2.43. The second kappa shape index (κ2) is 12.2. The molecule has 0 aromatic carbocycles. The minimum atomic E-state index is -1.02. The lowest BCUT2D eigenvalue weighted by atomic mass is 10.1. The Balaban J connectivity index is 1.79. The van der Waals surface area contributed by atoms with Gasteiger partial charge in [-0.25, -0.2) is 0 Å². The number of nitrogens with zero attached hydrogens (tertiary/aromatic N) is 2. The fourth-order valence-corrected chi connectivity index (χ4v) is 7.68. The van der Waals surface area contributed by atoms with Crippen molar-refractivity contribution in [2.45, 2.75) is 76.0 Å². The van der Waals surface area contributed by atoms with Gasteiger partial charge in [-0.05, 0) is 33.6 Å². The van der Waals surface area contributed by atoms with E-state index in [1.807, 2.05) is 40.7 Å². The Morgan fingerprint density at radius 2 is 1.70 bits per heavy atom. The first-order chi connectivity index (χ1) is 14.1. The highest BCUT2D eigenvalue weighted by Crippen LogP contribution is 2.49. The van der Waals surface area contributed by atoms with Crippen molar-refractivity contribution < 1.29 is 23.9 Å². The molecule has 0 bridgehead atoms. The molecule has 2 saturated heterocycles. The normalized spacial score (nSPS) is 26.7. The van der Waals surface area contributed by atoms with Crippen molar-refractivity contribution in [1.82, 2.24) is 9.80 Å². The summed E-state index contributed by atoms with van der Waals surface area (Å²) in [7, 11) is 6.23. The zero-order valence-corrected chi connectivity index (χ0v) is 23.4. The number of hydrogen-bond acceptors (Lipinski definition) is 5. The third-order valence-electron chi connectivity index (χ3n) is 5.40. The minimum absolute atomic E-state index is 0.0725. The van der Waals surface area contributed by atoms with Crippen molar-refractivity contribution in [1.29, 1.82) is 0 Å². The number of likely N-dealkylation sites (tertiary alicyclic amines) is 2. The standard InChI is InChI=1S/C17H25B2I2N2O5P2/c1-9(22-14(24)6-12(16(22)26)29-19-20)4-5-11(3)28-8-10(2)23-15(25)7-13(17(23)27)30(18)21/h9-13,29H,4-8H2,1-3H3. The number of amides is 4. The van der Waals surface area contributed by atoms with E-state index in [2.05, 4.69) is 22.4 Å². The molecule has 2 rings (SSSR count). The van der Waals surface area contributed by atoms with Crippen LogP contribution < -0.4 is 0 Å². The van der Waals surface area contributed by atoms with Crippen molar-refractivity contribution in [2.24, 2.45) is 0 Å². The van der Waals surface area contributed by atoms with Crippen LogP contribution in [-0.2, 0) is 23.9 Å². The maximum Gasteiger partial charge on any atom is 0.237 e. The largest absolute Gasteiger partial charge is 0.376 e. The first-order valence-electron chi connectivity index (χ1n) is 9.79. The maximum absolute atomic E-state index is 12.5. The molecule has 2 fully saturated rings. The van der Waals surface area contributed by atoms with Gasteiger partial charge in [-0.3, -0.25) is 29.0 Å². The van der Waals surface area contributed by atoms with Crippen molar-refractivity contribution >= 4 is 94.4 Å². The van der Waals surface area contributed by atoms with Gasteiger partial charge in [0.05, 0.1) is 30.1 Å². The summed E-state index contributed by atoms with van der Waals surface area (Å²) in [5, 5.41) is 0. The summed E-state index contributed by atoms with van der Waals surface area (Å²) in [4.78, 5) is 54.0. The molecule has 3 radical (unpaired) electrons. The van der Waals surface area contributed by atoms with Crippen LogP contribution in [0.2, 0.25) is 0 Å². The van der Waals surface area contributed by atoms with Crippen LogP contribution in [0.25, 0.3) is 0 Å². The predicted molar refractivity (Wildman–Crippen MR) is 139 cm³/mol. The molecule has 0 saturated carbocycles. The zero-order chi connectivity index (χ0) is 22.6. The summed E-state index contributed by atoms with van der Waals surface area (Å²) in [6.07, 6.45) is 1.67. The minimum Gasteiger partial charge on any atom is -0.376 e. The Morgan fingerprint density at radius 3 is 2.27 bits per heavy atom. The quantitative estimate of drug-likeness (QED) is 0.146. The fourth-order valence-electron chi connectivity index (χ4n) is 3.68. The monoisotopic (exact) mass is 675 g/mol. The third kappa shape index (κ3) is 6.61. The van der Waals surface area contributed by atoms with Crippen LogP contribution in [0, 0.1) is 0 Å². The van der Waals surface area contributed by atoms with Crippen LogP contribution in [0.5, 0.6) is 0 Å². The molecule has 7 nitrogen and oxygen atoms in total. The van der Waals surface area contributed by atoms with Gasteiger partial charge in [0.1, 0.15) is 7.57 Å². The molecule has 0 aromatic rings. The van der Waals surface area contributed by atoms with Crippen molar-refractivity contribution in [2.75, 3.05) is 6.61 Å². The molecule has 7 atom stereocenters. The van der Waals surface area contributed by atoms with Gasteiger partial charge >= 0.3 is 0 Å². The highest BCUT2D eigenvalue weighted by molar-refractivity contribution is 14.2. The molecular weight excluding hydrogens is 650 g/mol. The van der Waals surface area contributed by atoms with Gasteiger partial charge in [-0.15, -0.1) is 8.46 Å². The van der Waals surface area contributed by atoms with E-state index in [9.17, 15) is 19.2 Å². The average molecular weight is 675 g/mol. The van der Waals surface area contributed by atoms with Crippen molar-refractivity contribution in [3.8, 4) is 0 Å². The topological polar surface area (TPSA) is 84.0 Å². The number of rotatable bonds is 11. The summed E-state index contributed by atoms with van der Waals surface area (Å²) in [6, 6.07) is -0.526. The fraction of sp³-hybridized carbons (Fsp3) is 0.765. The van der Waals surface area contributed by atoms with Crippen LogP contribution in [0.1, 0.15) is 46.5 Å². The Hall–Kier alpha value is 0.690. The van der Waals surface area contributed by atoms with Gasteiger partial charge in [0.25, 0.3) is 0 Å². The maximum atomic E-state index is 12.5. The molecule has 4 amide bonds. The first-order valence-corrected chi connectivity index (χ1v) is 16.5. The summed E-state index contributed by atoms with van der Waals surface area (Å²) in [6.45, 7) is 5.86. The average Bonchev–Trinajstić information content (AvgIpc) is 3.13. The van der Waals surface area contributed by atoms with Gasteiger partial charge in [-0.1, -0.05) is 27.5 Å². The zero-order valence-electron chi connectivity index (χ0n) is 17.2. The van der Waals surface area contributed by atoms with Crippen LogP contribution in [0.15, 0.2) is 0 Å². The van der Waals surface area contributed by atoms with Crippen molar-refractivity contribution in [3.05, 3.63) is 0 Å². The molecule has 0 aromatic heterocycles. The molecular formula is C17H25B2I2N2O5P2. The molecule has 7 unspecified atom stereocenters. The SMILES string of the molecule is [B]P(I)C1CC(=O)N(C(C)COC(C)CCC(C)N2C(=O)CC(P[B]I)C2=O)C1=O. The van der Waals surface area contributed by atoms with Crippen LogP contribution in [0.3, 0.4) is 0 Å². The molecule has 0 spiro atoms.